The summed E-state index contributed by atoms with van der Waals surface area (Å²) in [5, 5.41) is 10.5. The van der Waals surface area contributed by atoms with Crippen molar-refractivity contribution in [1.82, 2.24) is 9.97 Å². The van der Waals surface area contributed by atoms with E-state index < -0.39 is 0 Å². The lowest BCUT2D eigenvalue weighted by Gasteiger charge is -2.05. The molecule has 1 aromatic carbocycles. The van der Waals surface area contributed by atoms with E-state index in [0.717, 1.165) is 25.1 Å². The summed E-state index contributed by atoms with van der Waals surface area (Å²) < 4.78 is 0. The summed E-state index contributed by atoms with van der Waals surface area (Å²) in [6.07, 6.45) is 2.96. The fourth-order valence-electron chi connectivity index (χ4n) is 1.61. The number of fused-ring (bicyclic) bond motifs is 1. The Morgan fingerprint density at radius 1 is 1.31 bits per heavy atom. The van der Waals surface area contributed by atoms with Gasteiger partial charge in [-0.25, -0.2) is 9.97 Å². The first-order valence-electron chi connectivity index (χ1n) is 5.36. The Labute approximate surface area is 99.1 Å². The van der Waals surface area contributed by atoms with E-state index in [1.54, 1.807) is 12.1 Å². The fourth-order valence-corrected chi connectivity index (χ4v) is 1.90. The van der Waals surface area contributed by atoms with Crippen molar-refractivity contribution < 1.29 is 5.11 Å². The first-order chi connectivity index (χ1) is 7.72. The van der Waals surface area contributed by atoms with Crippen LogP contribution in [0.1, 0.15) is 25.6 Å². The number of unbranched alkanes of at least 4 members (excludes halogenated alkanes) is 1. The van der Waals surface area contributed by atoms with Crippen molar-refractivity contribution >= 4 is 22.5 Å². The van der Waals surface area contributed by atoms with E-state index in [4.69, 9.17) is 11.6 Å². The van der Waals surface area contributed by atoms with Crippen LogP contribution in [-0.2, 0) is 6.42 Å². The number of hydrogen-bond donors (Lipinski definition) is 1. The smallest absolute Gasteiger partial charge is 0.144 e. The molecule has 0 fully saturated rings. The second-order valence-corrected chi connectivity index (χ2v) is 4.06. The van der Waals surface area contributed by atoms with Crippen LogP contribution in [0.5, 0.6) is 5.75 Å². The van der Waals surface area contributed by atoms with E-state index in [1.165, 1.54) is 0 Å². The summed E-state index contributed by atoms with van der Waals surface area (Å²) >= 11 is 6.04. The third-order valence-electron chi connectivity index (χ3n) is 2.46. The van der Waals surface area contributed by atoms with Gasteiger partial charge < -0.3 is 5.11 Å². The molecule has 0 bridgehead atoms. The molecule has 0 atom stereocenters. The number of halogens is 1. The predicted molar refractivity (Wildman–Crippen MR) is 64.8 cm³/mol. The number of aromatic nitrogens is 2. The van der Waals surface area contributed by atoms with Gasteiger partial charge in [-0.3, -0.25) is 0 Å². The highest BCUT2D eigenvalue weighted by molar-refractivity contribution is 6.34. The molecule has 0 aliphatic heterocycles. The average Bonchev–Trinajstić information content (AvgIpc) is 2.26. The minimum atomic E-state index is 0.129. The third kappa shape index (κ3) is 2.09. The molecule has 0 aliphatic carbocycles. The zero-order valence-electron chi connectivity index (χ0n) is 9.07. The quantitative estimate of drug-likeness (QED) is 0.832. The molecule has 0 aliphatic rings. The number of benzene rings is 1. The lowest BCUT2D eigenvalue weighted by atomic mass is 10.2. The monoisotopic (exact) mass is 236 g/mol. The van der Waals surface area contributed by atoms with Crippen molar-refractivity contribution in [1.29, 1.82) is 0 Å². The van der Waals surface area contributed by atoms with E-state index in [9.17, 15) is 5.11 Å². The molecule has 1 N–H and O–H groups in total. The minimum absolute atomic E-state index is 0.129. The van der Waals surface area contributed by atoms with Gasteiger partial charge in [0.1, 0.15) is 16.7 Å². The summed E-state index contributed by atoms with van der Waals surface area (Å²) in [5.74, 6) is 0.870. The maximum absolute atomic E-state index is 9.65. The van der Waals surface area contributed by atoms with Gasteiger partial charge in [0.15, 0.2) is 0 Å². The summed E-state index contributed by atoms with van der Waals surface area (Å²) in [6.45, 7) is 2.12. The van der Waals surface area contributed by atoms with Crippen LogP contribution in [0.25, 0.3) is 10.9 Å². The third-order valence-corrected chi connectivity index (χ3v) is 2.73. The van der Waals surface area contributed by atoms with Crippen molar-refractivity contribution in [2.24, 2.45) is 0 Å². The van der Waals surface area contributed by atoms with Crippen molar-refractivity contribution in [2.75, 3.05) is 0 Å². The van der Waals surface area contributed by atoms with Crippen LogP contribution >= 0.6 is 11.6 Å². The Hall–Kier alpha value is -1.35. The van der Waals surface area contributed by atoms with Crippen molar-refractivity contribution in [3.8, 4) is 5.75 Å². The van der Waals surface area contributed by atoms with E-state index >= 15 is 0 Å². The zero-order valence-corrected chi connectivity index (χ0v) is 9.83. The molecular formula is C12H13ClN2O. The van der Waals surface area contributed by atoms with E-state index in [2.05, 4.69) is 16.9 Å². The Kier molecular flexibility index (Phi) is 3.25. The van der Waals surface area contributed by atoms with Crippen molar-refractivity contribution in [3.05, 3.63) is 29.2 Å². The normalized spacial score (nSPS) is 10.9. The topological polar surface area (TPSA) is 46.0 Å². The Balaban J connectivity index is 2.51. The fraction of sp³-hybridized carbons (Fsp3) is 0.333. The molecule has 0 radical (unpaired) electrons. The van der Waals surface area contributed by atoms with E-state index in [1.807, 2.05) is 6.07 Å². The van der Waals surface area contributed by atoms with Crippen LogP contribution in [0, 0.1) is 0 Å². The van der Waals surface area contributed by atoms with Crippen LogP contribution in [0.2, 0.25) is 5.15 Å². The molecule has 3 nitrogen and oxygen atoms in total. The summed E-state index contributed by atoms with van der Waals surface area (Å²) in [6, 6.07) is 5.17. The predicted octanol–water partition coefficient (Wildman–Crippen LogP) is 3.33. The van der Waals surface area contributed by atoms with Crippen molar-refractivity contribution in [3.63, 3.8) is 0 Å². The number of nitrogens with zero attached hydrogens (tertiary/aromatic N) is 2. The maximum atomic E-state index is 9.65. The summed E-state index contributed by atoms with van der Waals surface area (Å²) in [5.41, 5.74) is 0.700. The van der Waals surface area contributed by atoms with Crippen LogP contribution in [-0.4, -0.2) is 15.1 Å². The van der Waals surface area contributed by atoms with Crippen LogP contribution in [0.3, 0.4) is 0 Å². The number of phenols is 1. The first kappa shape index (κ1) is 11.1. The largest absolute Gasteiger partial charge is 0.507 e. The van der Waals surface area contributed by atoms with Gasteiger partial charge in [0.2, 0.25) is 0 Å². The Morgan fingerprint density at radius 3 is 2.88 bits per heavy atom. The molecule has 2 aromatic rings. The molecule has 4 heteroatoms. The van der Waals surface area contributed by atoms with Crippen LogP contribution < -0.4 is 0 Å². The van der Waals surface area contributed by atoms with Gasteiger partial charge in [0, 0.05) is 6.42 Å². The maximum Gasteiger partial charge on any atom is 0.144 e. The SMILES string of the molecule is CCCCc1nc(Cl)c2c(O)cccc2n1. The second kappa shape index (κ2) is 4.66. The molecule has 0 saturated heterocycles. The van der Waals surface area contributed by atoms with Gasteiger partial charge in [-0.05, 0) is 18.6 Å². The van der Waals surface area contributed by atoms with Crippen molar-refractivity contribution in [2.45, 2.75) is 26.2 Å². The lowest BCUT2D eigenvalue weighted by Crippen LogP contribution is -1.96. The van der Waals surface area contributed by atoms with E-state index in [-0.39, 0.29) is 5.75 Å². The molecule has 16 heavy (non-hydrogen) atoms. The number of aromatic hydroxyl groups is 1. The Morgan fingerprint density at radius 2 is 2.12 bits per heavy atom. The molecule has 1 heterocycles. The summed E-state index contributed by atoms with van der Waals surface area (Å²) in [7, 11) is 0. The molecule has 2 rings (SSSR count). The van der Waals surface area contributed by atoms with Gasteiger partial charge in [0.25, 0.3) is 0 Å². The van der Waals surface area contributed by atoms with Crippen LogP contribution in [0.4, 0.5) is 0 Å². The Bertz CT molecular complexity index is 514. The molecule has 0 saturated carbocycles. The first-order valence-corrected chi connectivity index (χ1v) is 5.74. The lowest BCUT2D eigenvalue weighted by molar-refractivity contribution is 0.481. The number of aryl methyl sites for hydroxylation is 1. The highest BCUT2D eigenvalue weighted by Crippen LogP contribution is 2.28. The summed E-state index contributed by atoms with van der Waals surface area (Å²) in [4.78, 5) is 8.57. The number of rotatable bonds is 3. The van der Waals surface area contributed by atoms with Gasteiger partial charge in [-0.15, -0.1) is 0 Å². The molecular weight excluding hydrogens is 224 g/mol. The molecule has 84 valence electrons. The van der Waals surface area contributed by atoms with Gasteiger partial charge in [-0.2, -0.15) is 0 Å². The molecule has 0 amide bonds. The zero-order chi connectivity index (χ0) is 11.5. The van der Waals surface area contributed by atoms with Gasteiger partial charge in [-0.1, -0.05) is 31.0 Å². The van der Waals surface area contributed by atoms with Crippen LogP contribution in [0.15, 0.2) is 18.2 Å². The van der Waals surface area contributed by atoms with E-state index in [0.29, 0.717) is 16.1 Å². The average molecular weight is 237 g/mol. The second-order valence-electron chi connectivity index (χ2n) is 3.71. The highest BCUT2D eigenvalue weighted by Gasteiger charge is 2.08. The highest BCUT2D eigenvalue weighted by atomic mass is 35.5. The minimum Gasteiger partial charge on any atom is -0.507 e. The number of hydrogen-bond acceptors (Lipinski definition) is 3. The molecule has 1 aromatic heterocycles. The molecule has 0 unspecified atom stereocenters. The number of phenolic OH excluding ortho intramolecular Hbond substituents is 1. The molecule has 0 spiro atoms. The van der Waals surface area contributed by atoms with Gasteiger partial charge >= 0.3 is 0 Å². The van der Waals surface area contributed by atoms with Gasteiger partial charge in [0.05, 0.1) is 10.9 Å². The standard InChI is InChI=1S/C12H13ClN2O/c1-2-3-7-10-14-8-5-4-6-9(16)11(8)12(13)15-10/h4-6,16H,2-3,7H2,1H3.